The highest BCUT2D eigenvalue weighted by Gasteiger charge is 2.50. The molecule has 5 heterocycles. The van der Waals surface area contributed by atoms with E-state index in [0.29, 0.717) is 5.56 Å². The highest BCUT2D eigenvalue weighted by Crippen LogP contribution is 2.69. The largest absolute Gasteiger partial charge is 0.307 e. The molecule has 0 bridgehead atoms. The standard InChI is InChI=1S/C96H108N6/c1-54(2)63-25-33-80-72(45-63)93(17,18)73-46-64(55(3)4)26-34-81(73)99(80)89-71(53-97)90(100-82-35-27-65(56(5)6)47-74(82)94(19,20)75-48-66(57(7)8)28-36-83(75)100)92(102-86-39-31-69(60(13)14)51-78(86)96(23,24)79-52-70(61(15)16)32-40-87(79)102)88(62-41-43-98-44-42-62)91(89)101-84-37-29-67(58(9)10)49-76(84)95(21,22)77-50-68(59(11)12)30-38-85(77)101/h25-52,54-61H,1-24H3. The minimum Gasteiger partial charge on any atom is -0.307 e. The summed E-state index contributed by atoms with van der Waals surface area (Å²) in [6.07, 6.45) is 3.97. The number of anilines is 12. The van der Waals surface area contributed by atoms with Crippen LogP contribution in [0.3, 0.4) is 0 Å². The average molecular weight is 1350 g/mol. The van der Waals surface area contributed by atoms with Gasteiger partial charge in [-0.25, -0.2) is 0 Å². The van der Waals surface area contributed by atoms with Crippen molar-refractivity contribution < 1.29 is 0 Å². The molecule has 14 rings (SSSR count). The summed E-state index contributed by atoms with van der Waals surface area (Å²) in [5.41, 5.74) is 32.7. The van der Waals surface area contributed by atoms with Gasteiger partial charge < -0.3 is 19.6 Å². The summed E-state index contributed by atoms with van der Waals surface area (Å²) < 4.78 is 0. The van der Waals surface area contributed by atoms with Crippen molar-refractivity contribution in [1.82, 2.24) is 4.98 Å². The van der Waals surface area contributed by atoms with Gasteiger partial charge in [-0.15, -0.1) is 0 Å². The van der Waals surface area contributed by atoms with Crippen LogP contribution in [0.4, 0.5) is 68.2 Å². The molecule has 0 unspecified atom stereocenters. The maximum Gasteiger partial charge on any atom is 0.104 e. The Labute approximate surface area is 611 Å². The minimum absolute atomic E-state index is 0.262. The number of nitriles is 1. The molecule has 9 aromatic carbocycles. The molecule has 0 N–H and O–H groups in total. The fourth-order valence-corrected chi connectivity index (χ4v) is 17.4. The first-order chi connectivity index (χ1) is 48.2. The topological polar surface area (TPSA) is 49.6 Å². The van der Waals surface area contributed by atoms with Crippen LogP contribution in [-0.4, -0.2) is 4.98 Å². The van der Waals surface area contributed by atoms with E-state index in [2.05, 4.69) is 350 Å². The summed E-state index contributed by atoms with van der Waals surface area (Å²) in [5.74, 6) is 2.11. The van der Waals surface area contributed by atoms with Crippen LogP contribution < -0.4 is 19.6 Å². The molecule has 4 aliphatic heterocycles. The van der Waals surface area contributed by atoms with Crippen molar-refractivity contribution in [2.75, 3.05) is 19.6 Å². The van der Waals surface area contributed by atoms with Gasteiger partial charge >= 0.3 is 0 Å². The van der Waals surface area contributed by atoms with E-state index in [-0.39, 0.29) is 47.3 Å². The molecular weight excluding hydrogens is 1240 g/mol. The van der Waals surface area contributed by atoms with Crippen molar-refractivity contribution in [3.05, 3.63) is 265 Å². The Morgan fingerprint density at radius 2 is 0.441 bits per heavy atom. The molecule has 1 aromatic heterocycles. The van der Waals surface area contributed by atoms with Gasteiger partial charge in [0.2, 0.25) is 0 Å². The number of aromatic nitrogens is 1. The zero-order valence-corrected chi connectivity index (χ0v) is 65.5. The Balaban J connectivity index is 1.33. The van der Waals surface area contributed by atoms with Crippen molar-refractivity contribution in [1.29, 1.82) is 5.26 Å². The van der Waals surface area contributed by atoms with Crippen LogP contribution in [-0.2, 0) is 21.7 Å². The molecule has 4 aliphatic rings. The first-order valence-corrected chi connectivity index (χ1v) is 38.1. The van der Waals surface area contributed by atoms with Gasteiger partial charge in [-0.05, 0) is 203 Å². The second-order valence-corrected chi connectivity index (χ2v) is 34.8. The SMILES string of the molecule is CC(C)c1ccc2c(c1)C(C)(C)c1cc(C(C)C)ccc1N2c1c(C#N)c(N2c3ccc(C(C)C)cc3C(C)(C)c3cc(C(C)C)ccc32)c(N2c3ccc(C(C)C)cc3C(C)(C)c3cc(C(C)C)ccc32)c(-c2ccncc2)c1N1c2ccc(C(C)C)cc2C(C)(C)c2cc(C(C)C)ccc21. The molecule has 6 nitrogen and oxygen atoms in total. The molecule has 10 aromatic rings. The second-order valence-electron chi connectivity index (χ2n) is 34.8. The molecule has 0 spiro atoms. The van der Waals surface area contributed by atoms with Gasteiger partial charge in [0.25, 0.3) is 0 Å². The number of rotatable bonds is 13. The van der Waals surface area contributed by atoms with Crippen molar-refractivity contribution in [2.45, 2.75) is 235 Å². The maximum atomic E-state index is 14.0. The number of fused-ring (bicyclic) bond motifs is 8. The van der Waals surface area contributed by atoms with Gasteiger partial charge in [-0.3, -0.25) is 4.98 Å². The molecule has 0 amide bonds. The lowest BCUT2D eigenvalue weighted by atomic mass is 9.70. The summed E-state index contributed by atoms with van der Waals surface area (Å²) in [6, 6.07) is 66.1. The molecule has 0 fully saturated rings. The van der Waals surface area contributed by atoms with Gasteiger partial charge in [0.05, 0.1) is 68.2 Å². The van der Waals surface area contributed by atoms with Crippen molar-refractivity contribution in [3.8, 4) is 17.2 Å². The van der Waals surface area contributed by atoms with E-state index < -0.39 is 21.7 Å². The van der Waals surface area contributed by atoms with Crippen LogP contribution in [0.5, 0.6) is 0 Å². The highest BCUT2D eigenvalue weighted by atomic mass is 15.3. The summed E-state index contributed by atoms with van der Waals surface area (Å²) in [7, 11) is 0. The van der Waals surface area contributed by atoms with Crippen molar-refractivity contribution in [3.63, 3.8) is 0 Å². The van der Waals surface area contributed by atoms with E-state index in [4.69, 9.17) is 4.98 Å². The first-order valence-electron chi connectivity index (χ1n) is 38.1. The smallest absolute Gasteiger partial charge is 0.104 e. The van der Waals surface area contributed by atoms with E-state index >= 15 is 0 Å². The predicted molar refractivity (Wildman–Crippen MR) is 434 cm³/mol. The Bertz CT molecular complexity index is 4520. The average Bonchev–Trinajstić information content (AvgIpc) is 0.679. The fraction of sp³-hybridized carbons (Fsp3) is 0.375. The van der Waals surface area contributed by atoms with Crippen LogP contribution in [0.2, 0.25) is 0 Å². The summed E-state index contributed by atoms with van der Waals surface area (Å²) >= 11 is 0. The summed E-state index contributed by atoms with van der Waals surface area (Å²) in [5, 5.41) is 14.0. The fourth-order valence-electron chi connectivity index (χ4n) is 17.4. The molecule has 0 saturated carbocycles. The minimum atomic E-state index is -0.467. The molecule has 0 saturated heterocycles. The Morgan fingerprint density at radius 3 is 0.608 bits per heavy atom. The monoisotopic (exact) mass is 1340 g/mol. The Hall–Kier alpha value is -9.18. The quantitative estimate of drug-likeness (QED) is 0.115. The third-order valence-electron chi connectivity index (χ3n) is 24.2. The summed E-state index contributed by atoms with van der Waals surface area (Å²) in [6.45, 7) is 56.6. The Kier molecular flexibility index (Phi) is 17.2. The van der Waals surface area contributed by atoms with E-state index in [1.165, 1.54) is 89.0 Å². The lowest BCUT2D eigenvalue weighted by molar-refractivity contribution is 0.624. The van der Waals surface area contributed by atoms with Crippen molar-refractivity contribution >= 4 is 68.2 Å². The van der Waals surface area contributed by atoms with Crippen LogP contribution in [0.15, 0.2) is 170 Å². The molecular formula is C96H108N6. The molecule has 0 atom stereocenters. The molecule has 0 aliphatic carbocycles. The Morgan fingerprint density at radius 1 is 0.265 bits per heavy atom. The normalized spacial score (nSPS) is 15.8. The number of hydrogen-bond donors (Lipinski definition) is 0. The van der Waals surface area contributed by atoms with Gasteiger partial charge in [-0.1, -0.05) is 263 Å². The lowest BCUT2D eigenvalue weighted by Crippen LogP contribution is -2.36. The van der Waals surface area contributed by atoms with E-state index in [1.54, 1.807) is 0 Å². The van der Waals surface area contributed by atoms with Crippen LogP contribution in [0, 0.1) is 11.3 Å². The molecule has 102 heavy (non-hydrogen) atoms. The number of nitrogens with zero attached hydrogens (tertiary/aromatic N) is 6. The third kappa shape index (κ3) is 10.8. The molecule has 6 heteroatoms. The van der Waals surface area contributed by atoms with Crippen LogP contribution in [0.1, 0.15) is 308 Å². The number of pyridine rings is 1. The van der Waals surface area contributed by atoms with Crippen LogP contribution in [0.25, 0.3) is 11.1 Å². The van der Waals surface area contributed by atoms with Gasteiger partial charge in [-0.2, -0.15) is 5.26 Å². The van der Waals surface area contributed by atoms with E-state index in [1.807, 2.05) is 12.4 Å². The van der Waals surface area contributed by atoms with Gasteiger partial charge in [0.15, 0.2) is 0 Å². The maximum absolute atomic E-state index is 14.0. The van der Waals surface area contributed by atoms with Gasteiger partial charge in [0.1, 0.15) is 11.6 Å². The van der Waals surface area contributed by atoms with Crippen LogP contribution >= 0.6 is 0 Å². The zero-order chi connectivity index (χ0) is 73.0. The second kappa shape index (κ2) is 25.1. The van der Waals surface area contributed by atoms with Gasteiger partial charge in [0, 0.05) is 39.6 Å². The predicted octanol–water partition coefficient (Wildman–Crippen LogP) is 28.0. The van der Waals surface area contributed by atoms with Crippen molar-refractivity contribution in [2.24, 2.45) is 0 Å². The number of benzene rings is 9. The van der Waals surface area contributed by atoms with E-state index in [0.717, 1.165) is 79.4 Å². The number of hydrogen-bond acceptors (Lipinski definition) is 6. The summed E-state index contributed by atoms with van der Waals surface area (Å²) in [4.78, 5) is 15.4. The first kappa shape index (κ1) is 69.9. The van der Waals surface area contributed by atoms with E-state index in [9.17, 15) is 5.26 Å². The zero-order valence-electron chi connectivity index (χ0n) is 65.5. The molecule has 522 valence electrons. The third-order valence-corrected chi connectivity index (χ3v) is 24.2. The molecule has 0 radical (unpaired) electrons. The highest BCUT2D eigenvalue weighted by molar-refractivity contribution is 6.17. The lowest BCUT2D eigenvalue weighted by Gasteiger charge is -2.50.